The summed E-state index contributed by atoms with van der Waals surface area (Å²) < 4.78 is 4.88. The Morgan fingerprint density at radius 2 is 2.00 bits per heavy atom. The molecule has 1 heterocycles. The Hall–Kier alpha value is -1.51. The van der Waals surface area contributed by atoms with Gasteiger partial charge in [-0.1, -0.05) is 18.2 Å². The molecule has 0 unspecified atom stereocenters. The molecule has 74 valence electrons. The minimum atomic E-state index is -0.322. The van der Waals surface area contributed by atoms with Crippen LogP contribution in [0.15, 0.2) is 18.2 Å². The van der Waals surface area contributed by atoms with Crippen LogP contribution < -0.4 is 5.32 Å². The van der Waals surface area contributed by atoms with Crippen LogP contribution in [0.5, 0.6) is 0 Å². The average Bonchev–Trinajstić information content (AvgIpc) is 2.51. The number of benzene rings is 1. The van der Waals surface area contributed by atoms with Gasteiger partial charge in [0.1, 0.15) is 6.61 Å². The molecular formula is C11H13NO2. The standard InChI is InChI=1S/C11H13NO2/c1-7-4-3-5-8(2)10(7)9-6-14-11(13)12-9/h3-5,9H,6H2,1-2H3,(H,12,13)/t9-/m0/s1. The first-order valence-electron chi connectivity index (χ1n) is 4.68. The molecule has 0 spiro atoms. The molecule has 0 saturated carbocycles. The zero-order valence-corrected chi connectivity index (χ0v) is 8.33. The van der Waals surface area contributed by atoms with Crippen molar-refractivity contribution in [2.45, 2.75) is 19.9 Å². The maximum atomic E-state index is 10.9. The second-order valence-corrected chi connectivity index (χ2v) is 3.60. The summed E-state index contributed by atoms with van der Waals surface area (Å²) in [5.41, 5.74) is 3.57. The first-order valence-corrected chi connectivity index (χ1v) is 4.68. The lowest BCUT2D eigenvalue weighted by Crippen LogP contribution is -2.19. The number of aryl methyl sites for hydroxylation is 2. The fourth-order valence-electron chi connectivity index (χ4n) is 1.92. The third-order valence-electron chi connectivity index (χ3n) is 2.56. The summed E-state index contributed by atoms with van der Waals surface area (Å²) in [6.07, 6.45) is -0.322. The maximum Gasteiger partial charge on any atom is 0.407 e. The summed E-state index contributed by atoms with van der Waals surface area (Å²) in [6.45, 7) is 4.53. The third-order valence-corrected chi connectivity index (χ3v) is 2.56. The number of cyclic esters (lactones) is 1. The van der Waals surface area contributed by atoms with Crippen LogP contribution in [-0.4, -0.2) is 12.7 Å². The molecule has 1 atom stereocenters. The van der Waals surface area contributed by atoms with Gasteiger partial charge in [-0.3, -0.25) is 0 Å². The molecule has 1 fully saturated rings. The minimum absolute atomic E-state index is 0.0173. The Morgan fingerprint density at radius 1 is 1.36 bits per heavy atom. The number of ether oxygens (including phenoxy) is 1. The molecule has 1 saturated heterocycles. The summed E-state index contributed by atoms with van der Waals surface area (Å²) in [6, 6.07) is 6.13. The number of carbonyl (C=O) groups excluding carboxylic acids is 1. The minimum Gasteiger partial charge on any atom is -0.447 e. The zero-order chi connectivity index (χ0) is 10.1. The van der Waals surface area contributed by atoms with Crippen molar-refractivity contribution in [3.05, 3.63) is 34.9 Å². The van der Waals surface area contributed by atoms with E-state index < -0.39 is 0 Å². The van der Waals surface area contributed by atoms with Gasteiger partial charge in [-0.25, -0.2) is 4.79 Å². The number of hydrogen-bond acceptors (Lipinski definition) is 2. The van der Waals surface area contributed by atoms with Crippen molar-refractivity contribution in [3.8, 4) is 0 Å². The first-order chi connectivity index (χ1) is 6.68. The largest absolute Gasteiger partial charge is 0.447 e. The normalized spacial score (nSPS) is 20.4. The highest BCUT2D eigenvalue weighted by molar-refractivity contribution is 5.70. The lowest BCUT2D eigenvalue weighted by molar-refractivity contribution is 0.177. The van der Waals surface area contributed by atoms with E-state index in [1.165, 1.54) is 16.7 Å². The van der Waals surface area contributed by atoms with E-state index in [1.54, 1.807) is 0 Å². The van der Waals surface area contributed by atoms with Gasteiger partial charge in [-0.15, -0.1) is 0 Å². The van der Waals surface area contributed by atoms with E-state index >= 15 is 0 Å². The van der Waals surface area contributed by atoms with Gasteiger partial charge in [0.15, 0.2) is 0 Å². The molecule has 1 amide bonds. The average molecular weight is 191 g/mol. The van der Waals surface area contributed by atoms with Crippen molar-refractivity contribution in [2.24, 2.45) is 0 Å². The van der Waals surface area contributed by atoms with Crippen LogP contribution in [0, 0.1) is 13.8 Å². The quantitative estimate of drug-likeness (QED) is 0.738. The Balaban J connectivity index is 2.36. The van der Waals surface area contributed by atoms with Crippen molar-refractivity contribution >= 4 is 6.09 Å². The Kier molecular flexibility index (Phi) is 2.15. The van der Waals surface area contributed by atoms with E-state index in [-0.39, 0.29) is 12.1 Å². The van der Waals surface area contributed by atoms with Crippen LogP contribution in [0.4, 0.5) is 4.79 Å². The van der Waals surface area contributed by atoms with Gasteiger partial charge in [-0.2, -0.15) is 0 Å². The van der Waals surface area contributed by atoms with Crippen molar-refractivity contribution in [1.82, 2.24) is 5.32 Å². The van der Waals surface area contributed by atoms with Gasteiger partial charge >= 0.3 is 6.09 Å². The molecule has 2 rings (SSSR count). The SMILES string of the molecule is Cc1cccc(C)c1[C@@H]1COC(=O)N1. The summed E-state index contributed by atoms with van der Waals surface area (Å²) in [5.74, 6) is 0. The zero-order valence-electron chi connectivity index (χ0n) is 8.33. The van der Waals surface area contributed by atoms with Gasteiger partial charge in [0, 0.05) is 0 Å². The van der Waals surface area contributed by atoms with Gasteiger partial charge in [0.2, 0.25) is 0 Å². The predicted molar refractivity (Wildman–Crippen MR) is 53.1 cm³/mol. The van der Waals surface area contributed by atoms with E-state index in [2.05, 4.69) is 5.32 Å². The number of nitrogens with one attached hydrogen (secondary N) is 1. The van der Waals surface area contributed by atoms with Crippen LogP contribution in [0.3, 0.4) is 0 Å². The molecule has 1 N–H and O–H groups in total. The molecule has 1 aromatic carbocycles. The number of amides is 1. The highest BCUT2D eigenvalue weighted by Crippen LogP contribution is 2.24. The van der Waals surface area contributed by atoms with Crippen molar-refractivity contribution in [3.63, 3.8) is 0 Å². The van der Waals surface area contributed by atoms with Crippen molar-refractivity contribution in [2.75, 3.05) is 6.61 Å². The van der Waals surface area contributed by atoms with Crippen molar-refractivity contribution < 1.29 is 9.53 Å². The Labute approximate surface area is 83.1 Å². The van der Waals surface area contributed by atoms with Crippen LogP contribution in [-0.2, 0) is 4.74 Å². The molecule has 1 aromatic rings. The topological polar surface area (TPSA) is 38.3 Å². The molecule has 0 radical (unpaired) electrons. The molecule has 0 aliphatic carbocycles. The number of alkyl carbamates (subject to hydrolysis) is 1. The van der Waals surface area contributed by atoms with E-state index in [1.807, 2.05) is 32.0 Å². The van der Waals surface area contributed by atoms with E-state index in [0.717, 1.165) is 0 Å². The van der Waals surface area contributed by atoms with Gasteiger partial charge in [0.25, 0.3) is 0 Å². The van der Waals surface area contributed by atoms with Crippen LogP contribution in [0.1, 0.15) is 22.7 Å². The van der Waals surface area contributed by atoms with Crippen LogP contribution in [0.2, 0.25) is 0 Å². The monoisotopic (exact) mass is 191 g/mol. The second-order valence-electron chi connectivity index (χ2n) is 3.60. The van der Waals surface area contributed by atoms with E-state index in [0.29, 0.717) is 6.61 Å². The van der Waals surface area contributed by atoms with Gasteiger partial charge < -0.3 is 10.1 Å². The fraction of sp³-hybridized carbons (Fsp3) is 0.364. The molecule has 1 aliphatic rings. The highest BCUT2D eigenvalue weighted by atomic mass is 16.6. The second kappa shape index (κ2) is 3.33. The predicted octanol–water partition coefficient (Wildman–Crippen LogP) is 2.08. The molecule has 3 nitrogen and oxygen atoms in total. The van der Waals surface area contributed by atoms with Gasteiger partial charge in [0.05, 0.1) is 6.04 Å². The summed E-state index contributed by atoms with van der Waals surface area (Å²) in [4.78, 5) is 10.9. The van der Waals surface area contributed by atoms with Crippen LogP contribution >= 0.6 is 0 Å². The number of rotatable bonds is 1. The smallest absolute Gasteiger partial charge is 0.407 e. The molecular weight excluding hydrogens is 178 g/mol. The Bertz CT molecular complexity index is 353. The maximum absolute atomic E-state index is 10.9. The molecule has 0 bridgehead atoms. The molecule has 0 aromatic heterocycles. The van der Waals surface area contributed by atoms with Gasteiger partial charge in [-0.05, 0) is 30.5 Å². The summed E-state index contributed by atoms with van der Waals surface area (Å²) in [7, 11) is 0. The summed E-state index contributed by atoms with van der Waals surface area (Å²) in [5, 5.41) is 2.79. The van der Waals surface area contributed by atoms with Crippen molar-refractivity contribution in [1.29, 1.82) is 0 Å². The Morgan fingerprint density at radius 3 is 2.50 bits per heavy atom. The molecule has 1 aliphatic heterocycles. The summed E-state index contributed by atoms with van der Waals surface area (Å²) >= 11 is 0. The fourth-order valence-corrected chi connectivity index (χ4v) is 1.92. The first kappa shape index (κ1) is 9.06. The van der Waals surface area contributed by atoms with Crippen LogP contribution in [0.25, 0.3) is 0 Å². The lowest BCUT2D eigenvalue weighted by atomic mass is 9.97. The number of carbonyl (C=O) groups is 1. The highest BCUT2D eigenvalue weighted by Gasteiger charge is 2.25. The van der Waals surface area contributed by atoms with E-state index in [4.69, 9.17) is 4.74 Å². The molecule has 3 heteroatoms. The molecule has 14 heavy (non-hydrogen) atoms. The van der Waals surface area contributed by atoms with E-state index in [9.17, 15) is 4.79 Å². The lowest BCUT2D eigenvalue weighted by Gasteiger charge is -2.14. The third kappa shape index (κ3) is 1.45. The number of hydrogen-bond donors (Lipinski definition) is 1.